The van der Waals surface area contributed by atoms with Gasteiger partial charge in [0.25, 0.3) is 5.91 Å². The summed E-state index contributed by atoms with van der Waals surface area (Å²) in [5, 5.41) is 2.79. The number of amides is 3. The Morgan fingerprint density at radius 1 is 0.979 bits per heavy atom. The zero-order chi connectivity index (χ0) is 33.2. The largest absolute Gasteiger partial charge is 0.497 e. The van der Waals surface area contributed by atoms with Crippen LogP contribution in [0.25, 0.3) is 6.08 Å². The van der Waals surface area contributed by atoms with Crippen LogP contribution in [0.15, 0.2) is 78.9 Å². The number of carbonyl (C=O) groups is 3. The van der Waals surface area contributed by atoms with Crippen molar-refractivity contribution < 1.29 is 23.9 Å². The molecular formula is C37H45N5O5. The van der Waals surface area contributed by atoms with E-state index >= 15 is 0 Å². The van der Waals surface area contributed by atoms with Gasteiger partial charge in [0.2, 0.25) is 11.8 Å². The number of rotatable bonds is 12. The average Bonchev–Trinajstić information content (AvgIpc) is 3.11. The van der Waals surface area contributed by atoms with Crippen molar-refractivity contribution in [2.45, 2.75) is 37.6 Å². The normalized spacial score (nSPS) is 17.1. The standard InChI is InChI=1S/C37H45N5O5/c1-46-31-18-14-28(15-19-31)35(44)42(22-21-41-23-25-47-26-24-41)37(36(39)45,29-7-3-2-4-8-29)30-16-11-27(12-17-30)13-20-34(43)40-33-10-6-5-9-32(33)38/h5-6,9-20,29H,2-4,7-8,21-26,38H2,1H3,(H2,39,45)(H,40,43)/b20-13+. The molecule has 3 amide bonds. The topological polar surface area (TPSA) is 140 Å². The fraction of sp³-hybridized carbons (Fsp3) is 0.378. The number of nitrogen functional groups attached to an aromatic ring is 1. The summed E-state index contributed by atoms with van der Waals surface area (Å²) in [6.45, 7) is 3.65. The highest BCUT2D eigenvalue weighted by molar-refractivity contribution is 6.03. The molecule has 248 valence electrons. The molecule has 1 atom stereocenters. The van der Waals surface area contributed by atoms with Gasteiger partial charge in [0.1, 0.15) is 11.3 Å². The van der Waals surface area contributed by atoms with Crippen molar-refractivity contribution in [3.05, 3.63) is 95.6 Å². The van der Waals surface area contributed by atoms with Crippen LogP contribution >= 0.6 is 0 Å². The molecule has 0 aromatic heterocycles. The molecule has 5 N–H and O–H groups in total. The number of nitrogens with zero attached hydrogens (tertiary/aromatic N) is 2. The lowest BCUT2D eigenvalue weighted by Crippen LogP contribution is -2.63. The fourth-order valence-electron chi connectivity index (χ4n) is 6.81. The number of hydrogen-bond donors (Lipinski definition) is 3. The number of carbonyl (C=O) groups excluding carboxylic acids is 3. The van der Waals surface area contributed by atoms with E-state index in [9.17, 15) is 14.4 Å². The molecule has 1 aliphatic carbocycles. The molecule has 0 bridgehead atoms. The summed E-state index contributed by atoms with van der Waals surface area (Å²) >= 11 is 0. The number of ether oxygens (including phenoxy) is 2. The zero-order valence-electron chi connectivity index (χ0n) is 27.0. The Balaban J connectivity index is 1.51. The second-order valence-electron chi connectivity index (χ2n) is 12.1. The van der Waals surface area contributed by atoms with Gasteiger partial charge in [0.05, 0.1) is 31.7 Å². The summed E-state index contributed by atoms with van der Waals surface area (Å²) in [6, 6.07) is 21.5. The number of para-hydroxylation sites is 2. The van der Waals surface area contributed by atoms with Gasteiger partial charge in [-0.1, -0.05) is 55.7 Å². The molecule has 5 rings (SSSR count). The van der Waals surface area contributed by atoms with Gasteiger partial charge in [0.15, 0.2) is 0 Å². The highest BCUT2D eigenvalue weighted by Crippen LogP contribution is 2.44. The maximum atomic E-state index is 14.6. The van der Waals surface area contributed by atoms with Gasteiger partial charge < -0.3 is 31.2 Å². The number of anilines is 2. The van der Waals surface area contributed by atoms with Crippen LogP contribution < -0.4 is 21.5 Å². The van der Waals surface area contributed by atoms with E-state index in [-0.39, 0.29) is 17.7 Å². The predicted molar refractivity (Wildman–Crippen MR) is 184 cm³/mol. The van der Waals surface area contributed by atoms with E-state index in [4.69, 9.17) is 20.9 Å². The Kier molecular flexibility index (Phi) is 11.3. The second-order valence-corrected chi connectivity index (χ2v) is 12.1. The Morgan fingerprint density at radius 3 is 2.30 bits per heavy atom. The minimum absolute atomic E-state index is 0.163. The number of primary amides is 1. The van der Waals surface area contributed by atoms with E-state index in [1.807, 2.05) is 24.3 Å². The summed E-state index contributed by atoms with van der Waals surface area (Å²) < 4.78 is 10.9. The molecule has 10 nitrogen and oxygen atoms in total. The van der Waals surface area contributed by atoms with Crippen LogP contribution in [0, 0.1) is 5.92 Å². The van der Waals surface area contributed by atoms with Crippen LogP contribution in [0.4, 0.5) is 11.4 Å². The molecule has 1 aliphatic heterocycles. The van der Waals surface area contributed by atoms with Crippen LogP contribution in [0.5, 0.6) is 5.75 Å². The van der Waals surface area contributed by atoms with Gasteiger partial charge in [-0.3, -0.25) is 19.3 Å². The average molecular weight is 640 g/mol. The Hall–Kier alpha value is -4.67. The molecular weight excluding hydrogens is 594 g/mol. The Bertz CT molecular complexity index is 1550. The molecule has 0 radical (unpaired) electrons. The van der Waals surface area contributed by atoms with Crippen molar-refractivity contribution in [1.82, 2.24) is 9.80 Å². The van der Waals surface area contributed by atoms with E-state index < -0.39 is 11.4 Å². The van der Waals surface area contributed by atoms with Crippen molar-refractivity contribution >= 4 is 35.2 Å². The zero-order valence-corrected chi connectivity index (χ0v) is 27.0. The molecule has 1 saturated heterocycles. The van der Waals surface area contributed by atoms with Crippen molar-refractivity contribution in [3.8, 4) is 5.75 Å². The van der Waals surface area contributed by atoms with Crippen molar-refractivity contribution in [1.29, 1.82) is 0 Å². The van der Waals surface area contributed by atoms with Gasteiger partial charge in [-0.15, -0.1) is 0 Å². The number of methoxy groups -OCH3 is 1. The van der Waals surface area contributed by atoms with Crippen LogP contribution in [0.1, 0.15) is 53.6 Å². The molecule has 0 spiro atoms. The molecule has 1 saturated carbocycles. The molecule has 1 heterocycles. The molecule has 3 aromatic rings. The van der Waals surface area contributed by atoms with Crippen molar-refractivity contribution in [2.75, 3.05) is 57.6 Å². The summed E-state index contributed by atoms with van der Waals surface area (Å²) in [6.07, 6.45) is 7.67. The SMILES string of the molecule is COc1ccc(C(=O)N(CCN2CCOCC2)C(C(N)=O)(c2ccc(/C=C/C(=O)Nc3ccccc3N)cc2)C2CCCCC2)cc1. The summed E-state index contributed by atoms with van der Waals surface area (Å²) in [5.74, 6) is -0.647. The van der Waals surface area contributed by atoms with Crippen molar-refractivity contribution in [2.24, 2.45) is 11.7 Å². The number of hydrogen-bond acceptors (Lipinski definition) is 7. The van der Waals surface area contributed by atoms with E-state index in [0.717, 1.165) is 50.8 Å². The minimum atomic E-state index is -1.38. The number of benzene rings is 3. The smallest absolute Gasteiger partial charge is 0.255 e. The monoisotopic (exact) mass is 639 g/mol. The maximum Gasteiger partial charge on any atom is 0.255 e. The van der Waals surface area contributed by atoms with E-state index in [0.29, 0.717) is 54.6 Å². The van der Waals surface area contributed by atoms with Crippen LogP contribution in [0.3, 0.4) is 0 Å². The lowest BCUT2D eigenvalue weighted by atomic mass is 9.69. The van der Waals surface area contributed by atoms with Gasteiger partial charge in [0, 0.05) is 37.8 Å². The first-order chi connectivity index (χ1) is 22.8. The van der Waals surface area contributed by atoms with E-state index in [1.54, 1.807) is 66.6 Å². The Labute approximate surface area is 276 Å². The van der Waals surface area contributed by atoms with Crippen molar-refractivity contribution in [3.63, 3.8) is 0 Å². The van der Waals surface area contributed by atoms with Crippen LogP contribution in [-0.2, 0) is 19.9 Å². The number of nitrogens with one attached hydrogen (secondary N) is 1. The highest BCUT2D eigenvalue weighted by atomic mass is 16.5. The van der Waals surface area contributed by atoms with Gasteiger partial charge in [-0.2, -0.15) is 0 Å². The third-order valence-corrected chi connectivity index (χ3v) is 9.32. The summed E-state index contributed by atoms with van der Waals surface area (Å²) in [7, 11) is 1.58. The molecule has 2 aliphatic rings. The van der Waals surface area contributed by atoms with Gasteiger partial charge in [-0.25, -0.2) is 0 Å². The first-order valence-electron chi connectivity index (χ1n) is 16.3. The molecule has 1 unspecified atom stereocenters. The van der Waals surface area contributed by atoms with E-state index in [1.165, 1.54) is 6.08 Å². The van der Waals surface area contributed by atoms with Gasteiger partial charge >= 0.3 is 0 Å². The molecule has 10 heteroatoms. The third kappa shape index (κ3) is 7.84. The van der Waals surface area contributed by atoms with Crippen LogP contribution in [-0.4, -0.2) is 74.0 Å². The third-order valence-electron chi connectivity index (χ3n) is 9.32. The fourth-order valence-corrected chi connectivity index (χ4v) is 6.81. The lowest BCUT2D eigenvalue weighted by molar-refractivity contribution is -0.134. The quantitative estimate of drug-likeness (QED) is 0.193. The molecule has 47 heavy (non-hydrogen) atoms. The number of morpholine rings is 1. The molecule has 2 fully saturated rings. The number of nitrogens with two attached hydrogens (primary N) is 2. The summed E-state index contributed by atoms with van der Waals surface area (Å²) in [4.78, 5) is 45.2. The highest BCUT2D eigenvalue weighted by Gasteiger charge is 2.52. The first-order valence-corrected chi connectivity index (χ1v) is 16.3. The lowest BCUT2D eigenvalue weighted by Gasteiger charge is -2.49. The predicted octanol–water partition coefficient (Wildman–Crippen LogP) is 4.66. The summed E-state index contributed by atoms with van der Waals surface area (Å²) in [5.41, 5.74) is 13.9. The van der Waals surface area contributed by atoms with Crippen LogP contribution in [0.2, 0.25) is 0 Å². The maximum absolute atomic E-state index is 14.6. The first kappa shape index (κ1) is 33.7. The Morgan fingerprint density at radius 2 is 1.66 bits per heavy atom. The van der Waals surface area contributed by atoms with Gasteiger partial charge in [-0.05, 0) is 72.4 Å². The minimum Gasteiger partial charge on any atom is -0.497 e. The molecule has 3 aromatic carbocycles. The van der Waals surface area contributed by atoms with E-state index in [2.05, 4.69) is 10.2 Å². The second kappa shape index (κ2) is 15.8.